The molecular formula is C15H20FN3O2. The van der Waals surface area contributed by atoms with Crippen LogP contribution in [0.4, 0.5) is 4.39 Å². The Morgan fingerprint density at radius 2 is 2.19 bits per heavy atom. The number of aromatic nitrogens is 2. The second-order valence-electron chi connectivity index (χ2n) is 5.60. The second kappa shape index (κ2) is 6.32. The molecule has 0 bridgehead atoms. The number of nitrogens with zero attached hydrogens (tertiary/aromatic N) is 2. The molecular weight excluding hydrogens is 273 g/mol. The van der Waals surface area contributed by atoms with Crippen LogP contribution < -0.4 is 5.73 Å². The van der Waals surface area contributed by atoms with E-state index >= 15 is 0 Å². The predicted molar refractivity (Wildman–Crippen MR) is 76.1 cm³/mol. The van der Waals surface area contributed by atoms with Crippen LogP contribution in [-0.4, -0.2) is 22.9 Å². The summed E-state index contributed by atoms with van der Waals surface area (Å²) in [5.74, 6) is 0.493. The summed E-state index contributed by atoms with van der Waals surface area (Å²) in [4.78, 5) is 4.28. The van der Waals surface area contributed by atoms with Gasteiger partial charge in [0, 0.05) is 0 Å². The molecule has 1 aromatic heterocycles. The highest BCUT2D eigenvalue weighted by Gasteiger charge is 2.28. The van der Waals surface area contributed by atoms with Gasteiger partial charge in [-0.1, -0.05) is 17.3 Å². The summed E-state index contributed by atoms with van der Waals surface area (Å²) in [6.07, 6.45) is 0.442. The first-order valence-corrected chi connectivity index (χ1v) is 6.85. The van der Waals surface area contributed by atoms with Crippen molar-refractivity contribution in [3.05, 3.63) is 47.4 Å². The van der Waals surface area contributed by atoms with Gasteiger partial charge in [0.1, 0.15) is 11.4 Å². The van der Waals surface area contributed by atoms with Crippen molar-refractivity contribution in [2.24, 2.45) is 5.73 Å². The van der Waals surface area contributed by atoms with Crippen LogP contribution >= 0.6 is 0 Å². The minimum Gasteiger partial charge on any atom is -0.376 e. The minimum absolute atomic E-state index is 0.0755. The van der Waals surface area contributed by atoms with Gasteiger partial charge in [-0.25, -0.2) is 4.39 Å². The fourth-order valence-corrected chi connectivity index (χ4v) is 1.78. The molecule has 2 rings (SSSR count). The van der Waals surface area contributed by atoms with Crippen LogP contribution in [0.25, 0.3) is 0 Å². The van der Waals surface area contributed by atoms with Crippen molar-refractivity contribution in [3.8, 4) is 0 Å². The maximum absolute atomic E-state index is 13.1. The molecule has 6 heteroatoms. The molecule has 0 radical (unpaired) electrons. The number of benzene rings is 1. The number of nitrogens with two attached hydrogens (primary N) is 1. The summed E-state index contributed by atoms with van der Waals surface area (Å²) in [6.45, 7) is 5.94. The zero-order valence-corrected chi connectivity index (χ0v) is 12.5. The third kappa shape index (κ3) is 4.34. The molecule has 0 aliphatic heterocycles. The fraction of sp³-hybridized carbons (Fsp3) is 0.467. The number of hydrogen-bond acceptors (Lipinski definition) is 5. The van der Waals surface area contributed by atoms with Crippen LogP contribution in [0, 0.1) is 5.82 Å². The van der Waals surface area contributed by atoms with E-state index in [9.17, 15) is 4.39 Å². The zero-order chi connectivity index (χ0) is 15.5. The van der Waals surface area contributed by atoms with Gasteiger partial charge in [0.05, 0.1) is 19.1 Å². The summed E-state index contributed by atoms with van der Waals surface area (Å²) in [5.41, 5.74) is 6.09. The normalized spacial score (nSPS) is 14.4. The van der Waals surface area contributed by atoms with Gasteiger partial charge in [0.2, 0.25) is 5.89 Å². The topological polar surface area (TPSA) is 74.2 Å². The van der Waals surface area contributed by atoms with Gasteiger partial charge in [-0.2, -0.15) is 4.98 Å². The van der Waals surface area contributed by atoms with Gasteiger partial charge in [0.15, 0.2) is 5.82 Å². The van der Waals surface area contributed by atoms with E-state index in [1.54, 1.807) is 19.1 Å². The lowest BCUT2D eigenvalue weighted by Gasteiger charge is -2.21. The first-order valence-electron chi connectivity index (χ1n) is 6.85. The number of halogens is 1. The van der Waals surface area contributed by atoms with Crippen LogP contribution in [0.2, 0.25) is 0 Å². The highest BCUT2D eigenvalue weighted by molar-refractivity contribution is 5.19. The summed E-state index contributed by atoms with van der Waals surface area (Å²) < 4.78 is 23.8. The van der Waals surface area contributed by atoms with E-state index in [0.717, 1.165) is 5.56 Å². The molecule has 1 aromatic carbocycles. The maximum Gasteiger partial charge on any atom is 0.231 e. The van der Waals surface area contributed by atoms with Gasteiger partial charge in [-0.05, 0) is 38.5 Å². The van der Waals surface area contributed by atoms with Crippen LogP contribution in [0.15, 0.2) is 28.8 Å². The van der Waals surface area contributed by atoms with Crippen molar-refractivity contribution in [1.82, 2.24) is 10.1 Å². The maximum atomic E-state index is 13.1. The van der Waals surface area contributed by atoms with Crippen LogP contribution in [-0.2, 0) is 16.7 Å². The Morgan fingerprint density at radius 1 is 1.43 bits per heavy atom. The lowest BCUT2D eigenvalue weighted by atomic mass is 10.1. The molecule has 0 aliphatic rings. The molecule has 114 valence electrons. The quantitative estimate of drug-likeness (QED) is 0.885. The van der Waals surface area contributed by atoms with E-state index in [1.165, 1.54) is 12.1 Å². The van der Waals surface area contributed by atoms with E-state index in [2.05, 4.69) is 10.1 Å². The van der Waals surface area contributed by atoms with Crippen molar-refractivity contribution >= 4 is 0 Å². The van der Waals surface area contributed by atoms with Crippen LogP contribution in [0.5, 0.6) is 0 Å². The molecule has 1 atom stereocenters. The summed E-state index contributed by atoms with van der Waals surface area (Å²) >= 11 is 0. The molecule has 21 heavy (non-hydrogen) atoms. The first kappa shape index (κ1) is 15.6. The highest BCUT2D eigenvalue weighted by Crippen LogP contribution is 2.17. The Morgan fingerprint density at radius 3 is 2.86 bits per heavy atom. The summed E-state index contributed by atoms with van der Waals surface area (Å²) in [5, 5.41) is 3.90. The molecule has 0 amide bonds. The average molecular weight is 293 g/mol. The van der Waals surface area contributed by atoms with Crippen molar-refractivity contribution in [3.63, 3.8) is 0 Å². The fourth-order valence-electron chi connectivity index (χ4n) is 1.78. The van der Waals surface area contributed by atoms with E-state index in [4.69, 9.17) is 15.0 Å². The first-order chi connectivity index (χ1) is 9.87. The van der Waals surface area contributed by atoms with Crippen molar-refractivity contribution in [2.75, 3.05) is 6.61 Å². The molecule has 1 unspecified atom stereocenters. The summed E-state index contributed by atoms with van der Waals surface area (Å²) in [7, 11) is 0. The Kier molecular flexibility index (Phi) is 4.69. The Labute approximate surface area is 123 Å². The largest absolute Gasteiger partial charge is 0.376 e. The molecule has 0 aliphatic carbocycles. The van der Waals surface area contributed by atoms with Gasteiger partial charge >= 0.3 is 0 Å². The minimum atomic E-state index is -0.825. The zero-order valence-electron chi connectivity index (χ0n) is 12.5. The summed E-state index contributed by atoms with van der Waals surface area (Å²) in [6, 6.07) is 6.28. The second-order valence-corrected chi connectivity index (χ2v) is 5.60. The van der Waals surface area contributed by atoms with Gasteiger partial charge in [-0.15, -0.1) is 0 Å². The highest BCUT2D eigenvalue weighted by atomic mass is 19.1. The number of rotatable bonds is 6. The van der Waals surface area contributed by atoms with Gasteiger partial charge < -0.3 is 15.0 Å². The van der Waals surface area contributed by atoms with Crippen molar-refractivity contribution < 1.29 is 13.7 Å². The number of ether oxygens (including phenoxy) is 1. The Balaban J connectivity index is 2.07. The van der Waals surface area contributed by atoms with Gasteiger partial charge in [-0.3, -0.25) is 0 Å². The third-order valence-electron chi connectivity index (χ3n) is 2.94. The Hall–Kier alpha value is -1.79. The van der Waals surface area contributed by atoms with E-state index < -0.39 is 5.54 Å². The van der Waals surface area contributed by atoms with Crippen molar-refractivity contribution in [2.45, 2.75) is 38.8 Å². The van der Waals surface area contributed by atoms with E-state index in [0.29, 0.717) is 24.7 Å². The predicted octanol–water partition coefficient (Wildman–Crippen LogP) is 2.40. The lowest BCUT2D eigenvalue weighted by Crippen LogP contribution is -2.40. The molecule has 0 spiro atoms. The molecule has 2 N–H and O–H groups in total. The molecule has 2 aromatic rings. The smallest absolute Gasteiger partial charge is 0.231 e. The Bertz CT molecular complexity index is 596. The van der Waals surface area contributed by atoms with Gasteiger partial charge in [0.25, 0.3) is 0 Å². The SMILES string of the molecule is CC(C)OCC(C)(N)c1noc(Cc2cccc(F)c2)n1. The third-order valence-corrected chi connectivity index (χ3v) is 2.94. The average Bonchev–Trinajstić information content (AvgIpc) is 2.86. The van der Waals surface area contributed by atoms with E-state index in [-0.39, 0.29) is 11.9 Å². The van der Waals surface area contributed by atoms with Crippen LogP contribution in [0.1, 0.15) is 38.0 Å². The molecule has 0 fully saturated rings. The molecule has 1 heterocycles. The molecule has 0 saturated heterocycles. The monoisotopic (exact) mass is 293 g/mol. The molecule has 5 nitrogen and oxygen atoms in total. The van der Waals surface area contributed by atoms with Crippen LogP contribution in [0.3, 0.4) is 0 Å². The lowest BCUT2D eigenvalue weighted by molar-refractivity contribution is 0.0410. The number of hydrogen-bond donors (Lipinski definition) is 1. The van der Waals surface area contributed by atoms with E-state index in [1.807, 2.05) is 13.8 Å². The molecule has 0 saturated carbocycles. The van der Waals surface area contributed by atoms with Crippen molar-refractivity contribution in [1.29, 1.82) is 0 Å². The standard InChI is InChI=1S/C15H20FN3O2/c1-10(2)20-9-15(3,17)14-18-13(21-19-14)8-11-5-4-6-12(16)7-11/h4-7,10H,8-9,17H2,1-3H3.